The molecule has 2 aromatic heterocycles. The van der Waals surface area contributed by atoms with Crippen LogP contribution in [-0.4, -0.2) is 57.0 Å². The molecule has 2 fully saturated rings. The highest BCUT2D eigenvalue weighted by molar-refractivity contribution is 5.91. The van der Waals surface area contributed by atoms with E-state index in [1.165, 1.54) is 0 Å². The van der Waals surface area contributed by atoms with E-state index in [1.807, 2.05) is 19.9 Å². The van der Waals surface area contributed by atoms with E-state index in [0.717, 1.165) is 30.7 Å². The van der Waals surface area contributed by atoms with Crippen LogP contribution in [0.15, 0.2) is 6.07 Å². The molecular formula is C16H21N5O3. The molecule has 3 heterocycles. The van der Waals surface area contributed by atoms with Crippen molar-refractivity contribution in [2.75, 3.05) is 13.2 Å². The second-order valence-corrected chi connectivity index (χ2v) is 6.50. The van der Waals surface area contributed by atoms with Crippen molar-refractivity contribution in [2.45, 2.75) is 51.4 Å². The molecule has 1 saturated heterocycles. The van der Waals surface area contributed by atoms with Gasteiger partial charge in [0.15, 0.2) is 0 Å². The highest BCUT2D eigenvalue weighted by Gasteiger charge is 2.35. The average molecular weight is 331 g/mol. The average Bonchev–Trinajstić information content (AvgIpc) is 2.99. The van der Waals surface area contributed by atoms with Crippen LogP contribution >= 0.6 is 0 Å². The van der Waals surface area contributed by atoms with Gasteiger partial charge in [-0.05, 0) is 39.2 Å². The van der Waals surface area contributed by atoms with Crippen molar-refractivity contribution < 1.29 is 14.3 Å². The summed E-state index contributed by atoms with van der Waals surface area (Å²) in [7, 11) is 0. The maximum atomic E-state index is 12.7. The van der Waals surface area contributed by atoms with Gasteiger partial charge in [-0.3, -0.25) is 9.20 Å². The van der Waals surface area contributed by atoms with Gasteiger partial charge >= 0.3 is 0 Å². The number of carbonyl (C=O) groups excluding carboxylic acids is 1. The van der Waals surface area contributed by atoms with Crippen LogP contribution in [0.5, 0.6) is 0 Å². The number of aromatic nitrogens is 4. The maximum Gasteiger partial charge on any atom is 0.289 e. The third-order valence-electron chi connectivity index (χ3n) is 4.71. The number of ether oxygens (including phenoxy) is 2. The van der Waals surface area contributed by atoms with Gasteiger partial charge in [-0.25, -0.2) is 4.98 Å². The third-order valence-corrected chi connectivity index (χ3v) is 4.71. The number of hydrogen-bond donors (Lipinski definition) is 1. The fraction of sp³-hybridized carbons (Fsp3) is 0.625. The Balaban J connectivity index is 1.50. The molecule has 0 bridgehead atoms. The Morgan fingerprint density at radius 2 is 2.00 bits per heavy atom. The lowest BCUT2D eigenvalue weighted by atomic mass is 9.89. The number of fused-ring (bicyclic) bond motifs is 2. The van der Waals surface area contributed by atoms with Crippen LogP contribution in [0, 0.1) is 13.8 Å². The van der Waals surface area contributed by atoms with Crippen molar-refractivity contribution in [2.24, 2.45) is 0 Å². The fourth-order valence-electron chi connectivity index (χ4n) is 3.62. The smallest absolute Gasteiger partial charge is 0.289 e. The molecule has 3 unspecified atom stereocenters. The van der Waals surface area contributed by atoms with Crippen molar-refractivity contribution in [1.82, 2.24) is 24.9 Å². The Labute approximate surface area is 139 Å². The zero-order valence-corrected chi connectivity index (χ0v) is 13.9. The molecule has 8 nitrogen and oxygen atoms in total. The van der Waals surface area contributed by atoms with Gasteiger partial charge in [0.05, 0.1) is 25.4 Å². The van der Waals surface area contributed by atoms with Crippen molar-refractivity contribution in [3.8, 4) is 0 Å². The first-order chi connectivity index (χ1) is 11.6. The normalized spacial score (nSPS) is 27.0. The van der Waals surface area contributed by atoms with Gasteiger partial charge in [0, 0.05) is 17.4 Å². The maximum absolute atomic E-state index is 12.7. The number of nitrogens with one attached hydrogen (secondary N) is 1. The number of carbonyl (C=O) groups is 1. The fourth-order valence-corrected chi connectivity index (χ4v) is 3.62. The molecule has 1 aliphatic heterocycles. The molecule has 2 aromatic rings. The molecule has 3 atom stereocenters. The first-order valence-electron chi connectivity index (χ1n) is 8.35. The Morgan fingerprint density at radius 1 is 1.21 bits per heavy atom. The minimum Gasteiger partial charge on any atom is -0.373 e. The molecule has 1 aliphatic carbocycles. The van der Waals surface area contributed by atoms with Crippen molar-refractivity contribution in [3.63, 3.8) is 0 Å². The molecular weight excluding hydrogens is 310 g/mol. The molecule has 128 valence electrons. The van der Waals surface area contributed by atoms with E-state index in [2.05, 4.69) is 20.5 Å². The molecule has 0 spiro atoms. The highest BCUT2D eigenvalue weighted by atomic mass is 16.6. The topological polar surface area (TPSA) is 90.6 Å². The van der Waals surface area contributed by atoms with Crippen LogP contribution in [0.4, 0.5) is 0 Å². The number of aryl methyl sites for hydroxylation is 2. The number of rotatable bonds is 2. The number of hydrogen-bond acceptors (Lipinski definition) is 6. The summed E-state index contributed by atoms with van der Waals surface area (Å²) in [6.07, 6.45) is 2.78. The van der Waals surface area contributed by atoms with E-state index < -0.39 is 0 Å². The summed E-state index contributed by atoms with van der Waals surface area (Å²) in [5.74, 6) is 0.500. The van der Waals surface area contributed by atoms with Gasteiger partial charge in [-0.2, -0.15) is 0 Å². The lowest BCUT2D eigenvalue weighted by Gasteiger charge is -2.38. The van der Waals surface area contributed by atoms with E-state index in [0.29, 0.717) is 19.0 Å². The van der Waals surface area contributed by atoms with E-state index in [9.17, 15) is 4.79 Å². The van der Waals surface area contributed by atoms with Crippen LogP contribution < -0.4 is 5.32 Å². The van der Waals surface area contributed by atoms with Crippen LogP contribution in [0.2, 0.25) is 0 Å². The van der Waals surface area contributed by atoms with Gasteiger partial charge in [0.1, 0.15) is 0 Å². The minimum absolute atomic E-state index is 0.0616. The van der Waals surface area contributed by atoms with E-state index >= 15 is 0 Å². The van der Waals surface area contributed by atoms with Crippen LogP contribution in [0.1, 0.15) is 41.3 Å². The molecule has 24 heavy (non-hydrogen) atoms. The SMILES string of the molecule is Cc1cc(C)n2c(C(=O)NC3CCC4OCCOC4C3)nnc2n1. The molecule has 0 aromatic carbocycles. The second kappa shape index (κ2) is 6.10. The monoisotopic (exact) mass is 331 g/mol. The number of nitrogens with zero attached hydrogens (tertiary/aromatic N) is 4. The summed E-state index contributed by atoms with van der Waals surface area (Å²) in [6.45, 7) is 5.10. The predicted molar refractivity (Wildman–Crippen MR) is 84.8 cm³/mol. The summed E-state index contributed by atoms with van der Waals surface area (Å²) in [6, 6.07) is 1.97. The Hall–Kier alpha value is -2.06. The van der Waals surface area contributed by atoms with Crippen LogP contribution in [0.3, 0.4) is 0 Å². The zero-order chi connectivity index (χ0) is 16.7. The van der Waals surface area contributed by atoms with Crippen molar-refractivity contribution in [1.29, 1.82) is 0 Å². The first-order valence-corrected chi connectivity index (χ1v) is 8.35. The second-order valence-electron chi connectivity index (χ2n) is 6.50. The quantitative estimate of drug-likeness (QED) is 0.876. The Morgan fingerprint density at radius 3 is 2.83 bits per heavy atom. The molecule has 1 N–H and O–H groups in total. The van der Waals surface area contributed by atoms with Gasteiger partial charge in [0.25, 0.3) is 11.7 Å². The molecule has 1 saturated carbocycles. The van der Waals surface area contributed by atoms with E-state index in [-0.39, 0.29) is 30.0 Å². The molecule has 4 rings (SSSR count). The van der Waals surface area contributed by atoms with Crippen molar-refractivity contribution in [3.05, 3.63) is 23.3 Å². The third kappa shape index (κ3) is 2.76. The van der Waals surface area contributed by atoms with Gasteiger partial charge in [-0.1, -0.05) is 0 Å². The van der Waals surface area contributed by atoms with Crippen LogP contribution in [0.25, 0.3) is 5.78 Å². The highest BCUT2D eigenvalue weighted by Crippen LogP contribution is 2.27. The summed E-state index contributed by atoms with van der Waals surface area (Å²) in [5.41, 5.74) is 1.74. The first kappa shape index (κ1) is 15.5. The number of amides is 1. The molecule has 1 amide bonds. The van der Waals surface area contributed by atoms with E-state index in [4.69, 9.17) is 9.47 Å². The molecule has 8 heteroatoms. The lowest BCUT2D eigenvalue weighted by molar-refractivity contribution is -0.157. The van der Waals surface area contributed by atoms with Gasteiger partial charge in [0.2, 0.25) is 5.82 Å². The zero-order valence-electron chi connectivity index (χ0n) is 13.9. The van der Waals surface area contributed by atoms with Crippen LogP contribution in [-0.2, 0) is 9.47 Å². The lowest BCUT2D eigenvalue weighted by Crippen LogP contribution is -2.49. The minimum atomic E-state index is -0.226. The van der Waals surface area contributed by atoms with E-state index in [1.54, 1.807) is 4.40 Å². The summed E-state index contributed by atoms with van der Waals surface area (Å²) in [5, 5.41) is 11.1. The van der Waals surface area contributed by atoms with Gasteiger partial charge < -0.3 is 14.8 Å². The summed E-state index contributed by atoms with van der Waals surface area (Å²) < 4.78 is 13.2. The standard InChI is InChI=1S/C16H21N5O3/c1-9-7-10(2)21-14(19-20-16(21)17-9)15(22)18-11-3-4-12-13(8-11)24-6-5-23-12/h7,11-13H,3-6,8H2,1-2H3,(H,18,22). The largest absolute Gasteiger partial charge is 0.373 e. The van der Waals surface area contributed by atoms with Gasteiger partial charge in [-0.15, -0.1) is 10.2 Å². The molecule has 0 radical (unpaired) electrons. The Bertz CT molecular complexity index is 774. The Kier molecular flexibility index (Phi) is 3.93. The predicted octanol–water partition coefficient (Wildman–Crippen LogP) is 0.807. The molecule has 2 aliphatic rings. The summed E-state index contributed by atoms with van der Waals surface area (Å²) >= 11 is 0. The summed E-state index contributed by atoms with van der Waals surface area (Å²) in [4.78, 5) is 17.0. The van der Waals surface area contributed by atoms with Crippen molar-refractivity contribution >= 4 is 11.7 Å².